The van der Waals surface area contributed by atoms with Gasteiger partial charge in [-0.3, -0.25) is 14.6 Å². The van der Waals surface area contributed by atoms with Crippen molar-refractivity contribution >= 4 is 22.4 Å². The number of rotatable bonds is 6. The Balaban J connectivity index is 1.50. The van der Waals surface area contributed by atoms with Gasteiger partial charge in [0.2, 0.25) is 5.91 Å². The number of nitrogens with zero attached hydrogens (tertiary/aromatic N) is 4. The molecule has 184 valence electrons. The predicted molar refractivity (Wildman–Crippen MR) is 128 cm³/mol. The molecule has 0 radical (unpaired) electrons. The number of aromatic nitrogens is 3. The molecular formula is C26H22F2N4O4. The minimum Gasteiger partial charge on any atom is -0.395 e. The highest BCUT2D eigenvalue weighted by molar-refractivity contribution is 5.94. The van der Waals surface area contributed by atoms with Gasteiger partial charge in [0.1, 0.15) is 6.54 Å². The van der Waals surface area contributed by atoms with E-state index in [1.54, 1.807) is 31.5 Å². The van der Waals surface area contributed by atoms with E-state index in [1.165, 1.54) is 23.1 Å². The number of hydrogen-bond acceptors (Lipinski definition) is 6. The maximum atomic E-state index is 13.4. The third-order valence-corrected chi connectivity index (χ3v) is 5.96. The molecule has 0 saturated carbocycles. The third-order valence-electron chi connectivity index (χ3n) is 5.96. The fourth-order valence-corrected chi connectivity index (χ4v) is 4.36. The van der Waals surface area contributed by atoms with E-state index in [9.17, 15) is 18.4 Å². The third kappa shape index (κ3) is 4.37. The lowest BCUT2D eigenvalue weighted by molar-refractivity contribution is -0.286. The average Bonchev–Trinajstić information content (AvgIpc) is 3.16. The molecule has 0 aliphatic carbocycles. The summed E-state index contributed by atoms with van der Waals surface area (Å²) in [5.41, 5.74) is 2.42. The topological polar surface area (TPSA) is 86.6 Å². The number of anilines is 1. The standard InChI is InChI=1S/C26H22F2N4O4/c1-3-31(18-9-10-21-22(13-18)36-26(27,28)35-21)23(33)15-32-25(34)19-8-4-6-16(2)24(19)20(30-32)12-17-7-5-11-29-14-17/h4-11,13-14H,3,12,15H2,1-2H3. The molecule has 5 rings (SSSR count). The minimum absolute atomic E-state index is 0.116. The maximum absolute atomic E-state index is 13.4. The Morgan fingerprint density at radius 2 is 1.92 bits per heavy atom. The van der Waals surface area contributed by atoms with E-state index in [2.05, 4.69) is 19.6 Å². The van der Waals surface area contributed by atoms with E-state index in [0.29, 0.717) is 23.2 Å². The number of halogens is 2. The molecule has 1 aliphatic heterocycles. The number of pyridine rings is 1. The molecule has 8 nitrogen and oxygen atoms in total. The Morgan fingerprint density at radius 3 is 2.67 bits per heavy atom. The summed E-state index contributed by atoms with van der Waals surface area (Å²) < 4.78 is 36.9. The second kappa shape index (κ2) is 9.03. The highest BCUT2D eigenvalue weighted by Crippen LogP contribution is 2.42. The van der Waals surface area contributed by atoms with Crippen LogP contribution in [0, 0.1) is 6.92 Å². The Morgan fingerprint density at radius 1 is 1.11 bits per heavy atom. The van der Waals surface area contributed by atoms with E-state index in [0.717, 1.165) is 21.2 Å². The second-order valence-electron chi connectivity index (χ2n) is 8.38. The number of fused-ring (bicyclic) bond motifs is 2. The van der Waals surface area contributed by atoms with Gasteiger partial charge in [-0.1, -0.05) is 18.2 Å². The van der Waals surface area contributed by atoms with Crippen LogP contribution in [0.3, 0.4) is 0 Å². The molecular weight excluding hydrogens is 470 g/mol. The van der Waals surface area contributed by atoms with Gasteiger partial charge in [0.05, 0.1) is 11.1 Å². The molecule has 0 unspecified atom stereocenters. The Hall–Kier alpha value is -4.34. The van der Waals surface area contributed by atoms with Crippen molar-refractivity contribution in [2.45, 2.75) is 33.1 Å². The van der Waals surface area contributed by atoms with Crippen LogP contribution >= 0.6 is 0 Å². The second-order valence-corrected chi connectivity index (χ2v) is 8.38. The molecule has 36 heavy (non-hydrogen) atoms. The highest BCUT2D eigenvalue weighted by Gasteiger charge is 2.43. The first-order chi connectivity index (χ1) is 17.3. The number of benzene rings is 2. The molecule has 0 N–H and O–H groups in total. The van der Waals surface area contributed by atoms with Gasteiger partial charge in [0, 0.05) is 42.5 Å². The molecule has 10 heteroatoms. The van der Waals surface area contributed by atoms with E-state index >= 15 is 0 Å². The summed E-state index contributed by atoms with van der Waals surface area (Å²) in [7, 11) is 0. The van der Waals surface area contributed by atoms with Crippen LogP contribution in [-0.2, 0) is 17.8 Å². The molecule has 4 aromatic rings. The number of ether oxygens (including phenoxy) is 2. The van der Waals surface area contributed by atoms with E-state index < -0.39 is 17.8 Å². The molecule has 1 amide bonds. The maximum Gasteiger partial charge on any atom is 0.586 e. The van der Waals surface area contributed by atoms with Crippen LogP contribution in [0.25, 0.3) is 10.8 Å². The van der Waals surface area contributed by atoms with Crippen LogP contribution in [-0.4, -0.2) is 33.5 Å². The Bertz CT molecular complexity index is 1520. The van der Waals surface area contributed by atoms with Crippen LogP contribution in [0.15, 0.2) is 65.7 Å². The summed E-state index contributed by atoms with van der Waals surface area (Å²) in [6.07, 6.45) is 0.0789. The molecule has 0 saturated heterocycles. The average molecular weight is 492 g/mol. The first-order valence-electron chi connectivity index (χ1n) is 11.3. The predicted octanol–water partition coefficient (Wildman–Crippen LogP) is 4.07. The number of hydrogen-bond donors (Lipinski definition) is 0. The number of carbonyl (C=O) groups is 1. The lowest BCUT2D eigenvalue weighted by Crippen LogP contribution is -2.38. The minimum atomic E-state index is -3.76. The van der Waals surface area contributed by atoms with Crippen molar-refractivity contribution in [1.82, 2.24) is 14.8 Å². The van der Waals surface area contributed by atoms with E-state index in [1.807, 2.05) is 25.1 Å². The monoisotopic (exact) mass is 492 g/mol. The van der Waals surface area contributed by atoms with E-state index in [4.69, 9.17) is 0 Å². The van der Waals surface area contributed by atoms with Crippen molar-refractivity contribution in [3.8, 4) is 11.5 Å². The summed E-state index contributed by atoms with van der Waals surface area (Å²) in [4.78, 5) is 32.1. The lowest BCUT2D eigenvalue weighted by Gasteiger charge is -2.22. The number of aryl methyl sites for hydroxylation is 1. The van der Waals surface area contributed by atoms with Crippen LogP contribution < -0.4 is 19.9 Å². The summed E-state index contributed by atoms with van der Waals surface area (Å²) in [6, 6.07) is 13.3. The Kier molecular flexibility index (Phi) is 5.87. The normalized spacial score (nSPS) is 13.7. The highest BCUT2D eigenvalue weighted by atomic mass is 19.3. The Labute approximate surface area is 204 Å². The van der Waals surface area contributed by atoms with Crippen LogP contribution in [0.1, 0.15) is 23.7 Å². The smallest absolute Gasteiger partial charge is 0.395 e. The molecule has 2 aromatic carbocycles. The zero-order chi connectivity index (χ0) is 25.4. The number of likely N-dealkylation sites (N-methyl/N-ethyl adjacent to an activating group) is 1. The van der Waals surface area contributed by atoms with Gasteiger partial charge >= 0.3 is 6.29 Å². The van der Waals surface area contributed by atoms with E-state index in [-0.39, 0.29) is 24.6 Å². The molecule has 0 fully saturated rings. The fourth-order valence-electron chi connectivity index (χ4n) is 4.36. The fraction of sp³-hybridized carbons (Fsp3) is 0.231. The van der Waals surface area contributed by atoms with Gasteiger partial charge < -0.3 is 14.4 Å². The van der Waals surface area contributed by atoms with Crippen molar-refractivity contribution in [2.75, 3.05) is 11.4 Å². The number of amides is 1. The van der Waals surface area contributed by atoms with Crippen molar-refractivity contribution in [2.24, 2.45) is 0 Å². The lowest BCUT2D eigenvalue weighted by atomic mass is 10.0. The van der Waals surface area contributed by atoms with Gasteiger partial charge in [-0.25, -0.2) is 4.68 Å². The van der Waals surface area contributed by atoms with Crippen molar-refractivity contribution in [1.29, 1.82) is 0 Å². The molecule has 0 bridgehead atoms. The van der Waals surface area contributed by atoms with Gasteiger partial charge in [-0.2, -0.15) is 5.10 Å². The van der Waals surface area contributed by atoms with Gasteiger partial charge in [0.25, 0.3) is 5.56 Å². The van der Waals surface area contributed by atoms with Crippen molar-refractivity contribution in [3.05, 3.63) is 88.1 Å². The molecule has 3 heterocycles. The SMILES string of the molecule is CCN(C(=O)Cn1nc(Cc2cccnc2)c2c(C)cccc2c1=O)c1ccc2c(c1)OC(F)(F)O2. The summed E-state index contributed by atoms with van der Waals surface area (Å²) in [6.45, 7) is 3.55. The summed E-state index contributed by atoms with van der Waals surface area (Å²) in [5, 5.41) is 5.78. The number of alkyl halides is 2. The molecule has 2 aromatic heterocycles. The molecule has 0 atom stereocenters. The first-order valence-corrected chi connectivity index (χ1v) is 11.3. The van der Waals surface area contributed by atoms with Gasteiger partial charge in [-0.15, -0.1) is 8.78 Å². The van der Waals surface area contributed by atoms with Gasteiger partial charge in [-0.05, 0) is 49.2 Å². The summed E-state index contributed by atoms with van der Waals surface area (Å²) in [5.74, 6) is -0.717. The quantitative estimate of drug-likeness (QED) is 0.404. The zero-order valence-electron chi connectivity index (χ0n) is 19.6. The zero-order valence-corrected chi connectivity index (χ0v) is 19.6. The van der Waals surface area contributed by atoms with Gasteiger partial charge in [0.15, 0.2) is 11.5 Å². The number of carbonyl (C=O) groups excluding carboxylic acids is 1. The first kappa shape index (κ1) is 23.4. The molecule has 0 spiro atoms. The van der Waals surface area contributed by atoms with Crippen LogP contribution in [0.5, 0.6) is 11.5 Å². The van der Waals surface area contributed by atoms with Crippen molar-refractivity contribution in [3.63, 3.8) is 0 Å². The van der Waals surface area contributed by atoms with Crippen LogP contribution in [0.2, 0.25) is 0 Å². The summed E-state index contributed by atoms with van der Waals surface area (Å²) >= 11 is 0. The van der Waals surface area contributed by atoms with Crippen LogP contribution in [0.4, 0.5) is 14.5 Å². The molecule has 1 aliphatic rings. The van der Waals surface area contributed by atoms with Crippen molar-refractivity contribution < 1.29 is 23.0 Å². The largest absolute Gasteiger partial charge is 0.586 e.